The highest BCUT2D eigenvalue weighted by atomic mass is 32.1. The molecule has 1 rings (SSSR count). The number of hydrogen-bond acceptors (Lipinski definition) is 3. The van der Waals surface area contributed by atoms with Gasteiger partial charge in [0, 0.05) is 25.3 Å². The van der Waals surface area contributed by atoms with E-state index in [1.165, 1.54) is 17.0 Å². The van der Waals surface area contributed by atoms with Gasteiger partial charge in [0.05, 0.1) is 5.56 Å². The van der Waals surface area contributed by atoms with Crippen LogP contribution in [0.3, 0.4) is 0 Å². The third-order valence-corrected chi connectivity index (χ3v) is 3.00. The van der Waals surface area contributed by atoms with E-state index in [1.807, 2.05) is 0 Å². The van der Waals surface area contributed by atoms with Gasteiger partial charge in [-0.1, -0.05) is 12.2 Å². The summed E-state index contributed by atoms with van der Waals surface area (Å²) < 4.78 is 39.0. The molecule has 3 N–H and O–H groups in total. The zero-order chi connectivity index (χ0) is 16.4. The van der Waals surface area contributed by atoms with Crippen LogP contribution in [0.25, 0.3) is 0 Å². The molecule has 0 bridgehead atoms. The van der Waals surface area contributed by atoms with E-state index in [0.717, 1.165) is 6.07 Å². The van der Waals surface area contributed by atoms with Crippen LogP contribution < -0.4 is 11.1 Å². The SMILES string of the molecule is CC(Nc1ccc(C(N)=S)c(C(F)(F)F)c1)C(=O)N(C)C. The normalized spacial score (nSPS) is 12.7. The van der Waals surface area contributed by atoms with Crippen LogP contribution in [0.1, 0.15) is 18.1 Å². The van der Waals surface area contributed by atoms with Crippen LogP contribution in [-0.2, 0) is 11.0 Å². The minimum Gasteiger partial charge on any atom is -0.389 e. The lowest BCUT2D eigenvalue weighted by molar-refractivity contribution is -0.137. The molecule has 0 aliphatic rings. The van der Waals surface area contributed by atoms with Crippen LogP contribution in [0.4, 0.5) is 18.9 Å². The maximum atomic E-state index is 13.0. The zero-order valence-corrected chi connectivity index (χ0v) is 12.6. The summed E-state index contributed by atoms with van der Waals surface area (Å²) in [5.74, 6) is -0.248. The summed E-state index contributed by atoms with van der Waals surface area (Å²) in [5.41, 5.74) is 4.30. The molecule has 0 spiro atoms. The molecule has 21 heavy (non-hydrogen) atoms. The second-order valence-electron chi connectivity index (χ2n) is 4.72. The molecule has 116 valence electrons. The van der Waals surface area contributed by atoms with Gasteiger partial charge in [0.1, 0.15) is 11.0 Å². The molecule has 0 saturated heterocycles. The van der Waals surface area contributed by atoms with Gasteiger partial charge in [0.25, 0.3) is 0 Å². The second kappa shape index (κ2) is 6.30. The zero-order valence-electron chi connectivity index (χ0n) is 11.8. The van der Waals surface area contributed by atoms with Gasteiger partial charge < -0.3 is 16.0 Å². The number of nitrogens with zero attached hydrogens (tertiary/aromatic N) is 1. The van der Waals surface area contributed by atoms with Crippen LogP contribution in [0, 0.1) is 0 Å². The van der Waals surface area contributed by atoms with Crippen molar-refractivity contribution in [1.29, 1.82) is 0 Å². The third-order valence-electron chi connectivity index (χ3n) is 2.78. The smallest absolute Gasteiger partial charge is 0.389 e. The molecule has 1 aromatic rings. The predicted octanol–water partition coefficient (Wildman–Crippen LogP) is 2.23. The summed E-state index contributed by atoms with van der Waals surface area (Å²) in [4.78, 5) is 12.7. The number of hydrogen-bond donors (Lipinski definition) is 2. The fraction of sp³-hybridized carbons (Fsp3) is 0.385. The van der Waals surface area contributed by atoms with E-state index in [9.17, 15) is 18.0 Å². The lowest BCUT2D eigenvalue weighted by Gasteiger charge is -2.20. The highest BCUT2D eigenvalue weighted by Crippen LogP contribution is 2.34. The standard InChI is InChI=1S/C13H16F3N3OS/c1-7(12(20)19(2)3)18-8-4-5-9(11(17)21)10(6-8)13(14,15)16/h4-7,18H,1-3H3,(H2,17,21). The number of likely N-dealkylation sites (N-methyl/N-ethyl adjacent to an activating group) is 1. The molecule has 1 amide bonds. The van der Waals surface area contributed by atoms with Crippen molar-refractivity contribution < 1.29 is 18.0 Å². The van der Waals surface area contributed by atoms with Crippen LogP contribution in [0.15, 0.2) is 18.2 Å². The van der Waals surface area contributed by atoms with Crippen LogP contribution in [0.5, 0.6) is 0 Å². The first-order chi connectivity index (χ1) is 9.54. The van der Waals surface area contributed by atoms with Crippen molar-refractivity contribution in [3.8, 4) is 0 Å². The average molecular weight is 319 g/mol. The Labute approximate surface area is 126 Å². The van der Waals surface area contributed by atoms with Gasteiger partial charge in [-0.05, 0) is 25.1 Å². The molecule has 0 aliphatic heterocycles. The van der Waals surface area contributed by atoms with Gasteiger partial charge in [-0.15, -0.1) is 0 Å². The van der Waals surface area contributed by atoms with Crippen molar-refractivity contribution in [2.45, 2.75) is 19.1 Å². The Balaban J connectivity index is 3.12. The number of rotatable bonds is 4. The molecule has 4 nitrogen and oxygen atoms in total. The summed E-state index contributed by atoms with van der Waals surface area (Å²) in [6, 6.07) is 2.84. The quantitative estimate of drug-likeness (QED) is 0.836. The number of alkyl halides is 3. The van der Waals surface area contributed by atoms with Crippen LogP contribution >= 0.6 is 12.2 Å². The molecular weight excluding hydrogens is 303 g/mol. The number of anilines is 1. The number of amides is 1. The first kappa shape index (κ1) is 17.2. The highest BCUT2D eigenvalue weighted by molar-refractivity contribution is 7.80. The van der Waals surface area contributed by atoms with Gasteiger partial charge >= 0.3 is 6.18 Å². The van der Waals surface area contributed by atoms with Gasteiger partial charge in [-0.3, -0.25) is 4.79 Å². The highest BCUT2D eigenvalue weighted by Gasteiger charge is 2.34. The summed E-state index contributed by atoms with van der Waals surface area (Å²) >= 11 is 4.62. The summed E-state index contributed by atoms with van der Waals surface area (Å²) in [7, 11) is 3.13. The first-order valence-electron chi connectivity index (χ1n) is 6.02. The van der Waals surface area contributed by atoms with E-state index in [-0.39, 0.29) is 22.1 Å². The van der Waals surface area contributed by atoms with E-state index < -0.39 is 17.8 Å². The topological polar surface area (TPSA) is 58.4 Å². The second-order valence-corrected chi connectivity index (χ2v) is 5.16. The van der Waals surface area contributed by atoms with Gasteiger partial charge in [-0.2, -0.15) is 13.2 Å². The van der Waals surface area contributed by atoms with Crippen LogP contribution in [-0.4, -0.2) is 35.9 Å². The lowest BCUT2D eigenvalue weighted by atomic mass is 10.1. The van der Waals surface area contributed by atoms with Crippen molar-refractivity contribution in [1.82, 2.24) is 4.90 Å². The number of nitrogens with two attached hydrogens (primary N) is 1. The molecule has 0 radical (unpaired) electrons. The van der Waals surface area contributed by atoms with E-state index in [1.54, 1.807) is 21.0 Å². The number of carbonyl (C=O) groups is 1. The molecule has 0 heterocycles. The Bertz CT molecular complexity index is 558. The third kappa shape index (κ3) is 4.32. The Morgan fingerprint density at radius 3 is 2.38 bits per heavy atom. The number of nitrogens with one attached hydrogen (secondary N) is 1. The molecule has 0 aliphatic carbocycles. The van der Waals surface area contributed by atoms with E-state index in [2.05, 4.69) is 17.5 Å². The van der Waals surface area contributed by atoms with E-state index in [0.29, 0.717) is 0 Å². The van der Waals surface area contributed by atoms with Crippen molar-refractivity contribution in [3.63, 3.8) is 0 Å². The van der Waals surface area contributed by atoms with Crippen molar-refractivity contribution >= 4 is 28.8 Å². The summed E-state index contributed by atoms with van der Waals surface area (Å²) in [6.45, 7) is 1.57. The minimum atomic E-state index is -4.58. The van der Waals surface area contributed by atoms with Gasteiger partial charge in [0.15, 0.2) is 0 Å². The maximum Gasteiger partial charge on any atom is 0.417 e. The number of halogens is 3. The van der Waals surface area contributed by atoms with E-state index in [4.69, 9.17) is 5.73 Å². The predicted molar refractivity (Wildman–Crippen MR) is 79.1 cm³/mol. The molecule has 1 aromatic carbocycles. The average Bonchev–Trinajstić information content (AvgIpc) is 2.36. The number of benzene rings is 1. The van der Waals surface area contributed by atoms with Crippen molar-refractivity contribution in [2.24, 2.45) is 5.73 Å². The Hall–Kier alpha value is -1.83. The van der Waals surface area contributed by atoms with Gasteiger partial charge in [0.2, 0.25) is 5.91 Å². The molecule has 0 aromatic heterocycles. The Morgan fingerprint density at radius 1 is 1.38 bits per heavy atom. The molecule has 8 heteroatoms. The molecule has 0 saturated carbocycles. The monoisotopic (exact) mass is 319 g/mol. The fourth-order valence-electron chi connectivity index (χ4n) is 1.78. The fourth-order valence-corrected chi connectivity index (χ4v) is 1.96. The molecule has 1 unspecified atom stereocenters. The van der Waals surface area contributed by atoms with E-state index >= 15 is 0 Å². The first-order valence-corrected chi connectivity index (χ1v) is 6.43. The summed E-state index contributed by atoms with van der Waals surface area (Å²) in [5, 5.41) is 2.73. The molecule has 0 fully saturated rings. The number of carbonyl (C=O) groups excluding carboxylic acids is 1. The minimum absolute atomic E-state index is 0.171. The maximum absolute atomic E-state index is 13.0. The molecular formula is C13H16F3N3OS. The largest absolute Gasteiger partial charge is 0.417 e. The Morgan fingerprint density at radius 2 is 1.95 bits per heavy atom. The van der Waals surface area contributed by atoms with Crippen molar-refractivity contribution in [3.05, 3.63) is 29.3 Å². The lowest BCUT2D eigenvalue weighted by Crippen LogP contribution is -2.36. The van der Waals surface area contributed by atoms with Crippen molar-refractivity contribution in [2.75, 3.05) is 19.4 Å². The molecule has 1 atom stereocenters. The number of thiocarbonyl (C=S) groups is 1. The summed E-state index contributed by atoms with van der Waals surface area (Å²) in [6.07, 6.45) is -4.58. The van der Waals surface area contributed by atoms with Crippen LogP contribution in [0.2, 0.25) is 0 Å². The van der Waals surface area contributed by atoms with Gasteiger partial charge in [-0.25, -0.2) is 0 Å². The Kier molecular flexibility index (Phi) is 5.16.